The third-order valence-corrected chi connectivity index (χ3v) is 5.06. The number of aryl methyl sites for hydroxylation is 2. The van der Waals surface area contributed by atoms with Crippen molar-refractivity contribution < 1.29 is 4.79 Å². The number of nitriles is 1. The molecule has 132 valence electrons. The van der Waals surface area contributed by atoms with Crippen LogP contribution in [0.2, 0.25) is 0 Å². The van der Waals surface area contributed by atoms with Gasteiger partial charge in [-0.1, -0.05) is 43.3 Å². The Hall–Kier alpha value is -2.40. The molecule has 0 aliphatic heterocycles. The van der Waals surface area contributed by atoms with Crippen molar-refractivity contribution >= 4 is 17.7 Å². The van der Waals surface area contributed by atoms with Gasteiger partial charge in [-0.15, -0.1) is 5.10 Å². The Labute approximate surface area is 151 Å². The lowest BCUT2D eigenvalue weighted by molar-refractivity contribution is -0.120. The molecule has 1 atom stereocenters. The Morgan fingerprint density at radius 3 is 2.76 bits per heavy atom. The van der Waals surface area contributed by atoms with Gasteiger partial charge in [0.25, 0.3) is 0 Å². The quantitative estimate of drug-likeness (QED) is 0.797. The topological polar surface area (TPSA) is 96.5 Å². The van der Waals surface area contributed by atoms with Gasteiger partial charge in [-0.05, 0) is 48.7 Å². The third-order valence-electron chi connectivity index (χ3n) is 4.14. The van der Waals surface area contributed by atoms with Crippen LogP contribution >= 0.6 is 11.8 Å². The average molecular weight is 358 g/mol. The summed E-state index contributed by atoms with van der Waals surface area (Å²) >= 11 is 1.24. The van der Waals surface area contributed by atoms with Crippen molar-refractivity contribution in [2.45, 2.75) is 45.3 Å². The Bertz CT molecular complexity index is 810. The molecule has 2 aromatic rings. The zero-order valence-electron chi connectivity index (χ0n) is 15.1. The van der Waals surface area contributed by atoms with Crippen LogP contribution in [0.3, 0.4) is 0 Å². The molecule has 8 heteroatoms. The fourth-order valence-electron chi connectivity index (χ4n) is 2.22. The molecular formula is C17H22N6OS. The Balaban J connectivity index is 2.09. The van der Waals surface area contributed by atoms with Crippen LogP contribution in [-0.4, -0.2) is 37.4 Å². The van der Waals surface area contributed by atoms with E-state index in [-0.39, 0.29) is 17.6 Å². The lowest BCUT2D eigenvalue weighted by Crippen LogP contribution is -2.49. The first kappa shape index (κ1) is 18.9. The third kappa shape index (κ3) is 4.37. The summed E-state index contributed by atoms with van der Waals surface area (Å²) in [5, 5.41) is 24.4. The zero-order chi connectivity index (χ0) is 18.6. The summed E-state index contributed by atoms with van der Waals surface area (Å²) < 4.78 is 1.62. The fraction of sp³-hybridized carbons (Fsp3) is 0.471. The highest BCUT2D eigenvalue weighted by molar-refractivity contribution is 7.99. The van der Waals surface area contributed by atoms with E-state index in [1.54, 1.807) is 11.6 Å². The van der Waals surface area contributed by atoms with Crippen LogP contribution in [0.15, 0.2) is 23.4 Å². The molecule has 0 saturated heterocycles. The molecule has 0 spiro atoms. The lowest BCUT2D eigenvalue weighted by Gasteiger charge is -2.27. The molecular weight excluding hydrogens is 336 g/mol. The van der Waals surface area contributed by atoms with Gasteiger partial charge in [-0.2, -0.15) is 9.94 Å². The van der Waals surface area contributed by atoms with Crippen molar-refractivity contribution in [2.24, 2.45) is 5.92 Å². The summed E-state index contributed by atoms with van der Waals surface area (Å²) in [6.45, 7) is 9.54. The van der Waals surface area contributed by atoms with Gasteiger partial charge in [0, 0.05) is 0 Å². The van der Waals surface area contributed by atoms with Gasteiger partial charge >= 0.3 is 0 Å². The lowest BCUT2D eigenvalue weighted by atomic mass is 9.90. The molecule has 0 unspecified atom stereocenters. The number of hydrogen-bond acceptors (Lipinski definition) is 6. The van der Waals surface area contributed by atoms with Crippen LogP contribution in [0.5, 0.6) is 0 Å². The maximum Gasteiger partial charge on any atom is 0.231 e. The fourth-order valence-corrected chi connectivity index (χ4v) is 2.90. The van der Waals surface area contributed by atoms with Gasteiger partial charge < -0.3 is 5.32 Å². The summed E-state index contributed by atoms with van der Waals surface area (Å²) in [5.41, 5.74) is 2.20. The van der Waals surface area contributed by atoms with Gasteiger partial charge in [0.05, 0.1) is 17.5 Å². The molecule has 1 heterocycles. The predicted molar refractivity (Wildman–Crippen MR) is 96.4 cm³/mol. The molecule has 1 aromatic carbocycles. The molecule has 0 aliphatic carbocycles. The molecule has 2 rings (SSSR count). The van der Waals surface area contributed by atoms with E-state index in [0.717, 1.165) is 16.8 Å². The summed E-state index contributed by atoms with van der Waals surface area (Å²) in [5.74, 6) is -0.0835. The highest BCUT2D eigenvalue weighted by Crippen LogP contribution is 2.22. The minimum absolute atomic E-state index is 0.00646. The molecule has 0 radical (unpaired) electrons. The van der Waals surface area contributed by atoms with Crippen LogP contribution in [0.4, 0.5) is 0 Å². The molecule has 1 aromatic heterocycles. The van der Waals surface area contributed by atoms with Gasteiger partial charge in [-0.3, -0.25) is 4.79 Å². The van der Waals surface area contributed by atoms with Gasteiger partial charge in [-0.25, -0.2) is 0 Å². The molecule has 25 heavy (non-hydrogen) atoms. The van der Waals surface area contributed by atoms with Gasteiger partial charge in [0.1, 0.15) is 5.54 Å². The number of tetrazole rings is 1. The van der Waals surface area contributed by atoms with E-state index in [2.05, 4.69) is 33.0 Å². The second-order valence-electron chi connectivity index (χ2n) is 6.47. The summed E-state index contributed by atoms with van der Waals surface area (Å²) in [6, 6.07) is 8.17. The maximum absolute atomic E-state index is 12.2. The monoisotopic (exact) mass is 358 g/mol. The van der Waals surface area contributed by atoms with E-state index in [4.69, 9.17) is 0 Å². The number of amides is 1. The van der Waals surface area contributed by atoms with Crippen molar-refractivity contribution in [2.75, 3.05) is 5.75 Å². The van der Waals surface area contributed by atoms with E-state index >= 15 is 0 Å². The molecule has 1 amide bonds. The Morgan fingerprint density at radius 1 is 1.44 bits per heavy atom. The van der Waals surface area contributed by atoms with Crippen molar-refractivity contribution in [1.82, 2.24) is 25.5 Å². The number of nitrogens with one attached hydrogen (secondary N) is 1. The molecule has 0 aliphatic rings. The number of benzene rings is 1. The minimum Gasteiger partial charge on any atom is -0.337 e. The van der Waals surface area contributed by atoms with Crippen LogP contribution in [-0.2, 0) is 4.79 Å². The highest BCUT2D eigenvalue weighted by atomic mass is 32.2. The van der Waals surface area contributed by atoms with Crippen molar-refractivity contribution in [1.29, 1.82) is 5.26 Å². The normalized spacial score (nSPS) is 13.3. The first-order valence-electron chi connectivity index (χ1n) is 7.98. The van der Waals surface area contributed by atoms with E-state index in [0.29, 0.717) is 5.16 Å². The molecule has 1 N–H and O–H groups in total. The van der Waals surface area contributed by atoms with Crippen LogP contribution in [0, 0.1) is 31.1 Å². The standard InChI is InChI=1S/C17H22N6OS/c1-11(2)17(5,10-18)19-15(24)9-25-16-20-21-22-23(16)14-7-6-12(3)8-13(14)4/h6-8,11H,9H2,1-5H3,(H,19,24)/t17-/m0/s1. The van der Waals surface area contributed by atoms with Gasteiger partial charge in [0.2, 0.25) is 11.1 Å². The second-order valence-corrected chi connectivity index (χ2v) is 7.41. The van der Waals surface area contributed by atoms with E-state index in [1.165, 1.54) is 11.8 Å². The number of aromatic nitrogens is 4. The first-order chi connectivity index (χ1) is 11.8. The van der Waals surface area contributed by atoms with Crippen molar-refractivity contribution in [3.63, 3.8) is 0 Å². The molecule has 0 bridgehead atoms. The molecule has 0 fully saturated rings. The summed E-state index contributed by atoms with van der Waals surface area (Å²) in [7, 11) is 0. The number of carbonyl (C=O) groups is 1. The zero-order valence-corrected chi connectivity index (χ0v) is 15.9. The van der Waals surface area contributed by atoms with E-state index in [9.17, 15) is 10.1 Å². The van der Waals surface area contributed by atoms with Crippen LogP contribution in [0.1, 0.15) is 31.9 Å². The molecule has 0 saturated carbocycles. The van der Waals surface area contributed by atoms with Crippen LogP contribution in [0.25, 0.3) is 5.69 Å². The van der Waals surface area contributed by atoms with Crippen LogP contribution < -0.4 is 5.32 Å². The van der Waals surface area contributed by atoms with Crippen molar-refractivity contribution in [3.8, 4) is 11.8 Å². The second kappa shape index (κ2) is 7.66. The Morgan fingerprint density at radius 2 is 2.16 bits per heavy atom. The van der Waals surface area contributed by atoms with Crippen molar-refractivity contribution in [3.05, 3.63) is 29.3 Å². The first-order valence-corrected chi connectivity index (χ1v) is 8.96. The Kier molecular flexibility index (Phi) is 5.80. The van der Waals surface area contributed by atoms with E-state index in [1.807, 2.05) is 39.8 Å². The number of hydrogen-bond donors (Lipinski definition) is 1. The van der Waals surface area contributed by atoms with Gasteiger partial charge in [0.15, 0.2) is 0 Å². The minimum atomic E-state index is -0.892. The summed E-state index contributed by atoms with van der Waals surface area (Å²) in [4.78, 5) is 12.2. The number of nitrogens with zero attached hydrogens (tertiary/aromatic N) is 5. The number of rotatable bonds is 6. The smallest absolute Gasteiger partial charge is 0.231 e. The predicted octanol–water partition coefficient (Wildman–Crippen LogP) is 2.43. The summed E-state index contributed by atoms with van der Waals surface area (Å²) in [6.07, 6.45) is 0. The number of thioether (sulfide) groups is 1. The SMILES string of the molecule is Cc1ccc(-n2nnnc2SCC(=O)N[C@@](C)(C#N)C(C)C)c(C)c1. The maximum atomic E-state index is 12.2. The largest absolute Gasteiger partial charge is 0.337 e. The number of carbonyl (C=O) groups excluding carboxylic acids is 1. The molecule has 7 nitrogen and oxygen atoms in total. The average Bonchev–Trinajstić information content (AvgIpc) is 3.01. The van der Waals surface area contributed by atoms with E-state index < -0.39 is 5.54 Å². The highest BCUT2D eigenvalue weighted by Gasteiger charge is 2.30.